The third-order valence-electron chi connectivity index (χ3n) is 3.78. The highest BCUT2D eigenvalue weighted by Crippen LogP contribution is 2.31. The van der Waals surface area contributed by atoms with Gasteiger partial charge in [-0.2, -0.15) is 13.2 Å². The minimum Gasteiger partial charge on any atom is -0.390 e. The number of hydrogen-bond donors (Lipinski definition) is 3. The Labute approximate surface area is 150 Å². The summed E-state index contributed by atoms with van der Waals surface area (Å²) in [7, 11) is 0. The molecule has 2 aromatic rings. The molecular formula is C16H17F4N3O4. The van der Waals surface area contributed by atoms with Crippen LogP contribution >= 0.6 is 0 Å². The van der Waals surface area contributed by atoms with Crippen LogP contribution in [-0.2, 0) is 10.9 Å². The summed E-state index contributed by atoms with van der Waals surface area (Å²) in [4.78, 5) is 19.4. The topological polar surface area (TPSA) is 108 Å². The molecule has 1 saturated heterocycles. The summed E-state index contributed by atoms with van der Waals surface area (Å²) in [6.45, 7) is 1.62. The first-order valence-electron chi connectivity index (χ1n) is 7.83. The SMILES string of the molecule is CC1OC(c2ncncc2F)CC(O)C1O.O=c1cccc(C(F)(F)F)[nH]1. The highest BCUT2D eigenvalue weighted by molar-refractivity contribution is 5.08. The molecule has 3 rings (SSSR count). The van der Waals surface area contributed by atoms with E-state index < -0.39 is 47.7 Å². The summed E-state index contributed by atoms with van der Waals surface area (Å²) >= 11 is 0. The molecule has 7 nitrogen and oxygen atoms in total. The van der Waals surface area contributed by atoms with Crippen LogP contribution in [-0.4, -0.2) is 43.5 Å². The summed E-state index contributed by atoms with van der Waals surface area (Å²) in [5.41, 5.74) is -1.65. The molecule has 0 saturated carbocycles. The number of aromatic nitrogens is 3. The zero-order chi connectivity index (χ0) is 20.2. The Morgan fingerprint density at radius 1 is 1.30 bits per heavy atom. The van der Waals surface area contributed by atoms with E-state index in [1.807, 2.05) is 0 Å². The first-order chi connectivity index (χ1) is 12.6. The van der Waals surface area contributed by atoms with Crippen molar-refractivity contribution in [1.82, 2.24) is 15.0 Å². The number of nitrogens with zero attached hydrogens (tertiary/aromatic N) is 2. The first-order valence-corrected chi connectivity index (χ1v) is 7.83. The second-order valence-corrected chi connectivity index (χ2v) is 5.81. The largest absolute Gasteiger partial charge is 0.431 e. The third-order valence-corrected chi connectivity index (χ3v) is 3.78. The molecule has 3 heterocycles. The molecule has 1 aliphatic heterocycles. The monoisotopic (exact) mass is 391 g/mol. The van der Waals surface area contributed by atoms with Gasteiger partial charge in [-0.25, -0.2) is 14.4 Å². The number of aliphatic hydroxyl groups excluding tert-OH is 2. The van der Waals surface area contributed by atoms with Gasteiger partial charge >= 0.3 is 6.18 Å². The summed E-state index contributed by atoms with van der Waals surface area (Å²) in [6.07, 6.45) is -5.14. The van der Waals surface area contributed by atoms with Gasteiger partial charge in [-0.05, 0) is 13.0 Å². The Bertz CT molecular complexity index is 802. The molecule has 0 spiro atoms. The van der Waals surface area contributed by atoms with Crippen LogP contribution in [0.4, 0.5) is 17.6 Å². The van der Waals surface area contributed by atoms with Gasteiger partial charge in [-0.3, -0.25) is 4.79 Å². The molecule has 0 bridgehead atoms. The Balaban J connectivity index is 0.000000208. The molecule has 2 aromatic heterocycles. The second-order valence-electron chi connectivity index (χ2n) is 5.81. The van der Waals surface area contributed by atoms with E-state index in [0.29, 0.717) is 0 Å². The van der Waals surface area contributed by atoms with Crippen molar-refractivity contribution >= 4 is 0 Å². The van der Waals surface area contributed by atoms with Crippen molar-refractivity contribution in [3.8, 4) is 0 Å². The standard InChI is InChI=1S/C10H13FN2O3.C6H4F3NO/c1-5-10(15)7(14)2-8(16-5)9-6(11)3-12-4-13-9;7-6(8,9)4-2-1-3-5(11)10-4/h3-5,7-8,10,14-15H,2H2,1H3;1-3H,(H,10,11). The molecule has 4 atom stereocenters. The van der Waals surface area contributed by atoms with E-state index in [-0.39, 0.29) is 12.1 Å². The summed E-state index contributed by atoms with van der Waals surface area (Å²) in [5.74, 6) is -0.566. The Kier molecular flexibility index (Phi) is 6.63. The van der Waals surface area contributed by atoms with Crippen LogP contribution in [0.25, 0.3) is 0 Å². The fourth-order valence-electron chi connectivity index (χ4n) is 2.42. The fourth-order valence-corrected chi connectivity index (χ4v) is 2.42. The van der Waals surface area contributed by atoms with E-state index >= 15 is 0 Å². The van der Waals surface area contributed by atoms with Gasteiger partial charge in [-0.1, -0.05) is 6.07 Å². The van der Waals surface area contributed by atoms with Crippen LogP contribution < -0.4 is 5.56 Å². The molecule has 1 fully saturated rings. The van der Waals surface area contributed by atoms with Gasteiger partial charge in [0.15, 0.2) is 5.82 Å². The lowest BCUT2D eigenvalue weighted by Crippen LogP contribution is -2.44. The van der Waals surface area contributed by atoms with E-state index in [1.54, 1.807) is 11.9 Å². The minimum absolute atomic E-state index is 0.118. The zero-order valence-electron chi connectivity index (χ0n) is 14.0. The Morgan fingerprint density at radius 3 is 2.52 bits per heavy atom. The van der Waals surface area contributed by atoms with Gasteiger partial charge in [-0.15, -0.1) is 0 Å². The van der Waals surface area contributed by atoms with Crippen LogP contribution in [0.3, 0.4) is 0 Å². The van der Waals surface area contributed by atoms with Crippen molar-refractivity contribution in [3.05, 3.63) is 58.3 Å². The molecular weight excluding hydrogens is 374 g/mol. The average molecular weight is 391 g/mol. The summed E-state index contributed by atoms with van der Waals surface area (Å²) in [6, 6.07) is 2.89. The number of H-pyrrole nitrogens is 1. The maximum atomic E-state index is 13.4. The molecule has 27 heavy (non-hydrogen) atoms. The van der Waals surface area contributed by atoms with Gasteiger partial charge < -0.3 is 19.9 Å². The van der Waals surface area contributed by atoms with Crippen molar-refractivity contribution < 1.29 is 32.5 Å². The zero-order valence-corrected chi connectivity index (χ0v) is 14.0. The van der Waals surface area contributed by atoms with Gasteiger partial charge in [0.05, 0.1) is 18.4 Å². The Hall–Kier alpha value is -2.37. The van der Waals surface area contributed by atoms with Gasteiger partial charge in [0, 0.05) is 12.5 Å². The minimum atomic E-state index is -4.47. The molecule has 0 aliphatic carbocycles. The smallest absolute Gasteiger partial charge is 0.390 e. The van der Waals surface area contributed by atoms with Crippen molar-refractivity contribution in [2.45, 2.75) is 43.9 Å². The van der Waals surface area contributed by atoms with Gasteiger partial charge in [0.1, 0.15) is 29.9 Å². The maximum absolute atomic E-state index is 13.4. The molecule has 4 unspecified atom stereocenters. The van der Waals surface area contributed by atoms with Crippen LogP contribution in [0.2, 0.25) is 0 Å². The van der Waals surface area contributed by atoms with Gasteiger partial charge in [0.25, 0.3) is 0 Å². The number of hydrogen-bond acceptors (Lipinski definition) is 6. The van der Waals surface area contributed by atoms with E-state index in [2.05, 4.69) is 9.97 Å². The normalized spacial score (nSPS) is 25.4. The molecule has 0 radical (unpaired) electrons. The van der Waals surface area contributed by atoms with E-state index in [1.165, 1.54) is 6.33 Å². The number of halogens is 4. The highest BCUT2D eigenvalue weighted by Gasteiger charge is 2.36. The van der Waals surface area contributed by atoms with Crippen molar-refractivity contribution in [2.75, 3.05) is 0 Å². The quantitative estimate of drug-likeness (QED) is 0.637. The number of nitrogens with one attached hydrogen (secondary N) is 1. The lowest BCUT2D eigenvalue weighted by molar-refractivity contribution is -0.165. The summed E-state index contributed by atoms with van der Waals surface area (Å²) < 4.78 is 54.2. The fraction of sp³-hybridized carbons (Fsp3) is 0.438. The number of ether oxygens (including phenoxy) is 1. The predicted octanol–water partition coefficient (Wildman–Crippen LogP) is 1.58. The number of rotatable bonds is 1. The third kappa shape index (κ3) is 5.55. The molecule has 148 valence electrons. The lowest BCUT2D eigenvalue weighted by Gasteiger charge is -2.35. The average Bonchev–Trinajstić information content (AvgIpc) is 2.59. The van der Waals surface area contributed by atoms with Crippen LogP contribution in [0, 0.1) is 5.82 Å². The van der Waals surface area contributed by atoms with Crippen molar-refractivity contribution in [1.29, 1.82) is 0 Å². The first kappa shape index (κ1) is 20.9. The Morgan fingerprint density at radius 2 is 2.00 bits per heavy atom. The highest BCUT2D eigenvalue weighted by atomic mass is 19.4. The number of aromatic amines is 1. The van der Waals surface area contributed by atoms with E-state index in [0.717, 1.165) is 24.4 Å². The molecule has 1 aliphatic rings. The van der Waals surface area contributed by atoms with Crippen molar-refractivity contribution in [2.24, 2.45) is 0 Å². The predicted molar refractivity (Wildman–Crippen MR) is 84.0 cm³/mol. The number of pyridine rings is 1. The molecule has 11 heteroatoms. The number of aliphatic hydroxyl groups is 2. The van der Waals surface area contributed by atoms with Crippen molar-refractivity contribution in [3.63, 3.8) is 0 Å². The molecule has 3 N–H and O–H groups in total. The van der Waals surface area contributed by atoms with Crippen LogP contribution in [0.5, 0.6) is 0 Å². The van der Waals surface area contributed by atoms with E-state index in [4.69, 9.17) is 4.74 Å². The number of alkyl halides is 3. The van der Waals surface area contributed by atoms with Crippen LogP contribution in [0.15, 0.2) is 35.5 Å². The second kappa shape index (κ2) is 8.55. The van der Waals surface area contributed by atoms with Gasteiger partial charge in [0.2, 0.25) is 5.56 Å². The lowest BCUT2D eigenvalue weighted by atomic mass is 9.97. The van der Waals surface area contributed by atoms with E-state index in [9.17, 15) is 32.6 Å². The maximum Gasteiger partial charge on any atom is 0.431 e. The molecule has 0 aromatic carbocycles. The van der Waals surface area contributed by atoms with Crippen LogP contribution in [0.1, 0.15) is 30.8 Å². The molecule has 0 amide bonds. The summed E-state index contributed by atoms with van der Waals surface area (Å²) in [5, 5.41) is 19.1.